The molecule has 2 aromatic carbocycles. The van der Waals surface area contributed by atoms with Crippen molar-refractivity contribution < 1.29 is 9.53 Å². The van der Waals surface area contributed by atoms with E-state index < -0.39 is 5.91 Å². The summed E-state index contributed by atoms with van der Waals surface area (Å²) in [5, 5.41) is 3.42. The number of amides is 1. The maximum Gasteiger partial charge on any atom is 0.248 e. The fourth-order valence-electron chi connectivity index (χ4n) is 4.36. The highest BCUT2D eigenvalue weighted by molar-refractivity contribution is 5.94. The summed E-state index contributed by atoms with van der Waals surface area (Å²) in [5.41, 5.74) is 14.7. The molecule has 164 valence electrons. The molecule has 3 N–H and O–H groups in total. The standard InChI is InChI=1S/C27H34N2O2/c1-7-22-18(5)14-20-10-8-17(4)23(26(20)22)12-9-19(6)29-24-15-21(27(28)30)11-13-25(24)31-16(2)3/h8-11,13-16,22,29H,7,12H2,1-6H3,(H2,28,30)/b19-9+. The summed E-state index contributed by atoms with van der Waals surface area (Å²) >= 11 is 0. The van der Waals surface area contributed by atoms with Gasteiger partial charge in [0.15, 0.2) is 0 Å². The Morgan fingerprint density at radius 2 is 1.97 bits per heavy atom. The number of hydrogen-bond donors (Lipinski definition) is 2. The van der Waals surface area contributed by atoms with Crippen LogP contribution in [0, 0.1) is 6.92 Å². The molecule has 0 aromatic heterocycles. The number of benzene rings is 2. The van der Waals surface area contributed by atoms with Crippen molar-refractivity contribution in [2.45, 2.75) is 66.4 Å². The Morgan fingerprint density at radius 3 is 2.61 bits per heavy atom. The number of ether oxygens (including phenoxy) is 1. The van der Waals surface area contributed by atoms with Crippen LogP contribution in [0.25, 0.3) is 6.08 Å². The molecule has 0 fully saturated rings. The molecule has 0 bridgehead atoms. The number of anilines is 1. The van der Waals surface area contributed by atoms with Gasteiger partial charge in [-0.2, -0.15) is 0 Å². The van der Waals surface area contributed by atoms with Gasteiger partial charge in [0, 0.05) is 17.2 Å². The van der Waals surface area contributed by atoms with E-state index in [1.54, 1.807) is 18.2 Å². The maximum atomic E-state index is 11.6. The van der Waals surface area contributed by atoms with Gasteiger partial charge in [-0.05, 0) is 87.9 Å². The zero-order valence-corrected chi connectivity index (χ0v) is 19.5. The predicted molar refractivity (Wildman–Crippen MR) is 130 cm³/mol. The third kappa shape index (κ3) is 5.01. The second-order valence-corrected chi connectivity index (χ2v) is 8.67. The van der Waals surface area contributed by atoms with Gasteiger partial charge in [-0.15, -0.1) is 0 Å². The Balaban J connectivity index is 1.88. The van der Waals surface area contributed by atoms with Crippen LogP contribution in [0.2, 0.25) is 0 Å². The number of carbonyl (C=O) groups is 1. The zero-order chi connectivity index (χ0) is 22.7. The first-order valence-electron chi connectivity index (χ1n) is 11.1. The first-order valence-corrected chi connectivity index (χ1v) is 11.1. The summed E-state index contributed by atoms with van der Waals surface area (Å²) in [6.45, 7) is 12.7. The lowest BCUT2D eigenvalue weighted by atomic mass is 9.86. The van der Waals surface area contributed by atoms with Crippen LogP contribution < -0.4 is 15.8 Å². The molecule has 31 heavy (non-hydrogen) atoms. The summed E-state index contributed by atoms with van der Waals surface area (Å²) < 4.78 is 5.92. The molecule has 4 heteroatoms. The number of rotatable bonds is 8. The van der Waals surface area contributed by atoms with Crippen LogP contribution in [-0.2, 0) is 6.42 Å². The quantitative estimate of drug-likeness (QED) is 0.525. The molecule has 0 aliphatic heterocycles. The van der Waals surface area contributed by atoms with Crippen molar-refractivity contribution in [2.24, 2.45) is 5.73 Å². The number of fused-ring (bicyclic) bond motifs is 1. The third-order valence-corrected chi connectivity index (χ3v) is 5.89. The van der Waals surface area contributed by atoms with E-state index in [1.165, 1.54) is 27.8 Å². The van der Waals surface area contributed by atoms with E-state index in [0.717, 1.165) is 24.2 Å². The number of nitrogens with two attached hydrogens (primary N) is 1. The van der Waals surface area contributed by atoms with Crippen LogP contribution in [0.3, 0.4) is 0 Å². The Kier molecular flexibility index (Phi) is 6.89. The number of hydrogen-bond acceptors (Lipinski definition) is 3. The summed E-state index contributed by atoms with van der Waals surface area (Å²) in [4.78, 5) is 11.6. The minimum absolute atomic E-state index is 0.0283. The number of allylic oxidation sites excluding steroid dienone is 3. The molecular weight excluding hydrogens is 384 g/mol. The average molecular weight is 419 g/mol. The normalized spacial score (nSPS) is 15.6. The van der Waals surface area contributed by atoms with Gasteiger partial charge in [0.25, 0.3) is 0 Å². The first kappa shape index (κ1) is 22.7. The monoisotopic (exact) mass is 418 g/mol. The second-order valence-electron chi connectivity index (χ2n) is 8.67. The highest BCUT2D eigenvalue weighted by atomic mass is 16.5. The first-order chi connectivity index (χ1) is 14.7. The summed E-state index contributed by atoms with van der Waals surface area (Å²) in [6.07, 6.45) is 6.52. The second kappa shape index (κ2) is 9.42. The number of primary amides is 1. The van der Waals surface area contributed by atoms with Crippen LogP contribution in [0.4, 0.5) is 5.69 Å². The van der Waals surface area contributed by atoms with Gasteiger partial charge in [-0.3, -0.25) is 4.79 Å². The molecule has 0 saturated carbocycles. The molecule has 2 aromatic rings. The lowest BCUT2D eigenvalue weighted by molar-refractivity contribution is 0.100. The molecule has 4 nitrogen and oxygen atoms in total. The number of nitrogens with one attached hydrogen (secondary N) is 1. The van der Waals surface area contributed by atoms with Gasteiger partial charge in [-0.25, -0.2) is 0 Å². The minimum atomic E-state index is -0.454. The minimum Gasteiger partial charge on any atom is -0.489 e. The molecule has 0 radical (unpaired) electrons. The molecular formula is C27H34N2O2. The topological polar surface area (TPSA) is 64.3 Å². The lowest BCUT2D eigenvalue weighted by Gasteiger charge is -2.19. The number of carbonyl (C=O) groups excluding carboxylic acids is 1. The Bertz CT molecular complexity index is 1050. The largest absolute Gasteiger partial charge is 0.489 e. The Morgan fingerprint density at radius 1 is 1.23 bits per heavy atom. The molecule has 3 rings (SSSR count). The Labute approximate surface area is 186 Å². The summed E-state index contributed by atoms with van der Waals surface area (Å²) in [6, 6.07) is 9.71. The molecule has 1 unspecified atom stereocenters. The highest BCUT2D eigenvalue weighted by Gasteiger charge is 2.24. The molecule has 1 aliphatic carbocycles. The van der Waals surface area contributed by atoms with Crippen molar-refractivity contribution in [3.05, 3.63) is 75.5 Å². The molecule has 0 spiro atoms. The Hall–Kier alpha value is -3.01. The van der Waals surface area contributed by atoms with E-state index in [4.69, 9.17) is 10.5 Å². The molecule has 1 aliphatic rings. The van der Waals surface area contributed by atoms with Gasteiger partial charge in [-0.1, -0.05) is 36.8 Å². The van der Waals surface area contributed by atoms with Crippen molar-refractivity contribution in [3.63, 3.8) is 0 Å². The van der Waals surface area contributed by atoms with Gasteiger partial charge in [0.2, 0.25) is 5.91 Å². The van der Waals surface area contributed by atoms with Crippen LogP contribution in [-0.4, -0.2) is 12.0 Å². The van der Waals surface area contributed by atoms with Crippen molar-refractivity contribution in [1.82, 2.24) is 0 Å². The molecule has 1 amide bonds. The molecule has 0 saturated heterocycles. The van der Waals surface area contributed by atoms with E-state index in [2.05, 4.69) is 50.4 Å². The van der Waals surface area contributed by atoms with E-state index in [-0.39, 0.29) is 6.10 Å². The van der Waals surface area contributed by atoms with E-state index in [1.807, 2.05) is 20.8 Å². The van der Waals surface area contributed by atoms with Gasteiger partial charge < -0.3 is 15.8 Å². The maximum absolute atomic E-state index is 11.6. The van der Waals surface area contributed by atoms with Gasteiger partial charge in [0.05, 0.1) is 11.8 Å². The van der Waals surface area contributed by atoms with Crippen LogP contribution in [0.1, 0.15) is 79.6 Å². The predicted octanol–water partition coefficient (Wildman–Crippen LogP) is 6.35. The SMILES string of the molecule is CCC1C(C)=Cc2ccc(C)c(C/C=C(\C)Nc3cc(C(N)=O)ccc3OC(C)C)c21. The van der Waals surface area contributed by atoms with Crippen molar-refractivity contribution in [3.8, 4) is 5.75 Å². The fraction of sp³-hybridized carbons (Fsp3) is 0.370. The van der Waals surface area contributed by atoms with Gasteiger partial charge in [0.1, 0.15) is 5.75 Å². The lowest BCUT2D eigenvalue weighted by Crippen LogP contribution is -2.13. The van der Waals surface area contributed by atoms with Crippen molar-refractivity contribution in [2.75, 3.05) is 5.32 Å². The summed E-state index contributed by atoms with van der Waals surface area (Å²) in [7, 11) is 0. The zero-order valence-electron chi connectivity index (χ0n) is 19.5. The number of aryl methyl sites for hydroxylation is 1. The van der Waals surface area contributed by atoms with E-state index >= 15 is 0 Å². The van der Waals surface area contributed by atoms with Crippen LogP contribution >= 0.6 is 0 Å². The van der Waals surface area contributed by atoms with Crippen molar-refractivity contribution >= 4 is 17.7 Å². The van der Waals surface area contributed by atoms with E-state index in [0.29, 0.717) is 17.2 Å². The summed E-state index contributed by atoms with van der Waals surface area (Å²) in [5.74, 6) is 0.755. The fourth-order valence-corrected chi connectivity index (χ4v) is 4.36. The molecule has 0 heterocycles. The van der Waals surface area contributed by atoms with Gasteiger partial charge >= 0.3 is 0 Å². The van der Waals surface area contributed by atoms with Crippen LogP contribution in [0.5, 0.6) is 5.75 Å². The third-order valence-electron chi connectivity index (χ3n) is 5.89. The molecule has 1 atom stereocenters. The highest BCUT2D eigenvalue weighted by Crippen LogP contribution is 2.41. The smallest absolute Gasteiger partial charge is 0.248 e. The van der Waals surface area contributed by atoms with Crippen LogP contribution in [0.15, 0.2) is 47.7 Å². The van der Waals surface area contributed by atoms with Crippen molar-refractivity contribution in [1.29, 1.82) is 0 Å². The average Bonchev–Trinajstić information content (AvgIpc) is 3.03. The van der Waals surface area contributed by atoms with E-state index in [9.17, 15) is 4.79 Å².